The number of rotatable bonds is 1. The van der Waals surface area contributed by atoms with E-state index < -0.39 is 11.7 Å². The summed E-state index contributed by atoms with van der Waals surface area (Å²) in [6.45, 7) is 9.51. The van der Waals surface area contributed by atoms with E-state index in [-0.39, 0.29) is 11.6 Å². The molecule has 0 spiro atoms. The van der Waals surface area contributed by atoms with Gasteiger partial charge >= 0.3 is 6.09 Å². The zero-order valence-electron chi connectivity index (χ0n) is 13.3. The lowest BCUT2D eigenvalue weighted by atomic mass is 9.90. The lowest BCUT2D eigenvalue weighted by molar-refractivity contribution is 0.0633. The SMILES string of the molecule is CC(C)(C)OC(=O)Nc1ccc2c(c1)[C@H](N)CC(C)(C)O2. The summed E-state index contributed by atoms with van der Waals surface area (Å²) in [4.78, 5) is 11.8. The van der Waals surface area contributed by atoms with Crippen LogP contribution in [0.3, 0.4) is 0 Å². The van der Waals surface area contributed by atoms with Crippen LogP contribution in [0.5, 0.6) is 5.75 Å². The van der Waals surface area contributed by atoms with Gasteiger partial charge in [0.25, 0.3) is 0 Å². The average Bonchev–Trinajstić information content (AvgIpc) is 2.26. The molecule has 21 heavy (non-hydrogen) atoms. The molecule has 0 unspecified atom stereocenters. The summed E-state index contributed by atoms with van der Waals surface area (Å²) < 4.78 is 11.1. The van der Waals surface area contributed by atoms with E-state index in [1.54, 1.807) is 6.07 Å². The van der Waals surface area contributed by atoms with Crippen molar-refractivity contribution in [1.82, 2.24) is 0 Å². The highest BCUT2D eigenvalue weighted by Crippen LogP contribution is 2.39. The number of anilines is 1. The molecule has 0 saturated carbocycles. The second-order valence-corrected chi connectivity index (χ2v) is 7.05. The fraction of sp³-hybridized carbons (Fsp3) is 0.562. The number of benzene rings is 1. The first kappa shape index (κ1) is 15.6. The Bertz CT molecular complexity index is 547. The number of ether oxygens (including phenoxy) is 2. The van der Waals surface area contributed by atoms with E-state index in [1.165, 1.54) is 0 Å². The molecule has 0 fully saturated rings. The van der Waals surface area contributed by atoms with Gasteiger partial charge in [-0.05, 0) is 52.8 Å². The second kappa shape index (κ2) is 5.22. The van der Waals surface area contributed by atoms with E-state index in [0.717, 1.165) is 17.7 Å². The molecule has 5 nitrogen and oxygen atoms in total. The number of hydrogen-bond donors (Lipinski definition) is 2. The van der Waals surface area contributed by atoms with Crippen molar-refractivity contribution in [3.05, 3.63) is 23.8 Å². The third-order valence-corrected chi connectivity index (χ3v) is 3.15. The first-order valence-electron chi connectivity index (χ1n) is 7.14. The normalized spacial score (nSPS) is 20.2. The van der Waals surface area contributed by atoms with Crippen LogP contribution < -0.4 is 15.8 Å². The predicted octanol–water partition coefficient (Wildman–Crippen LogP) is 3.59. The molecule has 0 aromatic heterocycles. The smallest absolute Gasteiger partial charge is 0.412 e. The summed E-state index contributed by atoms with van der Waals surface area (Å²) in [5.41, 5.74) is 6.96. The summed E-state index contributed by atoms with van der Waals surface area (Å²) in [7, 11) is 0. The maximum atomic E-state index is 11.8. The fourth-order valence-electron chi connectivity index (χ4n) is 2.41. The molecule has 1 aliphatic rings. The first-order chi connectivity index (χ1) is 9.56. The second-order valence-electron chi connectivity index (χ2n) is 7.05. The van der Waals surface area contributed by atoms with Crippen LogP contribution in [0.1, 0.15) is 52.6 Å². The highest BCUT2D eigenvalue weighted by atomic mass is 16.6. The van der Waals surface area contributed by atoms with Crippen LogP contribution >= 0.6 is 0 Å². The molecule has 116 valence electrons. The van der Waals surface area contributed by atoms with Crippen LogP contribution in [0.4, 0.5) is 10.5 Å². The molecule has 5 heteroatoms. The molecule has 0 saturated heterocycles. The highest BCUT2D eigenvalue weighted by Gasteiger charge is 2.32. The number of amides is 1. The lowest BCUT2D eigenvalue weighted by Gasteiger charge is -2.36. The molecule has 1 heterocycles. The summed E-state index contributed by atoms with van der Waals surface area (Å²) in [6, 6.07) is 5.36. The molecule has 1 aromatic rings. The molecule has 0 radical (unpaired) electrons. The van der Waals surface area contributed by atoms with Crippen LogP contribution in [-0.4, -0.2) is 17.3 Å². The maximum absolute atomic E-state index is 11.8. The van der Waals surface area contributed by atoms with Gasteiger partial charge < -0.3 is 15.2 Å². The molecule has 2 rings (SSSR count). The van der Waals surface area contributed by atoms with Gasteiger partial charge in [0.15, 0.2) is 0 Å². The fourth-order valence-corrected chi connectivity index (χ4v) is 2.41. The summed E-state index contributed by atoms with van der Waals surface area (Å²) >= 11 is 0. The van der Waals surface area contributed by atoms with Crippen molar-refractivity contribution in [2.45, 2.75) is 58.3 Å². The van der Waals surface area contributed by atoms with Crippen LogP contribution in [0.15, 0.2) is 18.2 Å². The lowest BCUT2D eigenvalue weighted by Crippen LogP contribution is -2.37. The minimum atomic E-state index is -0.526. The third-order valence-electron chi connectivity index (χ3n) is 3.15. The largest absolute Gasteiger partial charge is 0.487 e. The van der Waals surface area contributed by atoms with Gasteiger partial charge in [-0.1, -0.05) is 0 Å². The van der Waals surface area contributed by atoms with Gasteiger partial charge in [0.2, 0.25) is 0 Å². The predicted molar refractivity (Wildman–Crippen MR) is 82.6 cm³/mol. The van der Waals surface area contributed by atoms with Gasteiger partial charge in [-0.25, -0.2) is 4.79 Å². The van der Waals surface area contributed by atoms with E-state index in [9.17, 15) is 4.79 Å². The number of nitrogens with two attached hydrogens (primary N) is 1. The number of fused-ring (bicyclic) bond motifs is 1. The van der Waals surface area contributed by atoms with Crippen molar-refractivity contribution in [3.8, 4) is 5.75 Å². The highest BCUT2D eigenvalue weighted by molar-refractivity contribution is 5.85. The molecule has 1 amide bonds. The topological polar surface area (TPSA) is 73.6 Å². The number of nitrogens with one attached hydrogen (secondary N) is 1. The monoisotopic (exact) mass is 292 g/mol. The molecular weight excluding hydrogens is 268 g/mol. The molecule has 1 aromatic carbocycles. The van der Waals surface area contributed by atoms with Crippen molar-refractivity contribution >= 4 is 11.8 Å². The first-order valence-corrected chi connectivity index (χ1v) is 7.14. The molecule has 1 atom stereocenters. The molecule has 0 aliphatic carbocycles. The Labute approximate surface area is 125 Å². The van der Waals surface area contributed by atoms with Crippen molar-refractivity contribution in [2.24, 2.45) is 5.73 Å². The number of hydrogen-bond acceptors (Lipinski definition) is 4. The summed E-state index contributed by atoms with van der Waals surface area (Å²) in [6.07, 6.45) is 0.253. The zero-order valence-corrected chi connectivity index (χ0v) is 13.3. The van der Waals surface area contributed by atoms with Crippen molar-refractivity contribution < 1.29 is 14.3 Å². The van der Waals surface area contributed by atoms with E-state index >= 15 is 0 Å². The Hall–Kier alpha value is -1.75. The number of carbonyl (C=O) groups excluding carboxylic acids is 1. The van der Waals surface area contributed by atoms with Crippen molar-refractivity contribution in [1.29, 1.82) is 0 Å². The van der Waals surface area contributed by atoms with Crippen LogP contribution in [0.25, 0.3) is 0 Å². The third kappa shape index (κ3) is 4.11. The van der Waals surface area contributed by atoms with E-state index in [4.69, 9.17) is 15.2 Å². The Kier molecular flexibility index (Phi) is 3.89. The minimum Gasteiger partial charge on any atom is -0.487 e. The Morgan fingerprint density at radius 3 is 2.71 bits per heavy atom. The Balaban J connectivity index is 2.15. The van der Waals surface area contributed by atoms with Gasteiger partial charge in [-0.15, -0.1) is 0 Å². The van der Waals surface area contributed by atoms with Crippen LogP contribution in [0.2, 0.25) is 0 Å². The summed E-state index contributed by atoms with van der Waals surface area (Å²) in [5, 5.41) is 2.72. The quantitative estimate of drug-likeness (QED) is 0.829. The standard InChI is InChI=1S/C16H24N2O3/c1-15(2,3)21-14(19)18-10-6-7-13-11(8-10)12(17)9-16(4,5)20-13/h6-8,12H,9,17H2,1-5H3,(H,18,19)/t12-/m1/s1. The molecule has 0 bridgehead atoms. The van der Waals surface area contributed by atoms with E-state index in [0.29, 0.717) is 5.69 Å². The van der Waals surface area contributed by atoms with Gasteiger partial charge in [0.05, 0.1) is 0 Å². The van der Waals surface area contributed by atoms with Crippen molar-refractivity contribution in [3.63, 3.8) is 0 Å². The maximum Gasteiger partial charge on any atom is 0.412 e. The Morgan fingerprint density at radius 2 is 2.10 bits per heavy atom. The minimum absolute atomic E-state index is 0.107. The number of carbonyl (C=O) groups is 1. The van der Waals surface area contributed by atoms with Gasteiger partial charge in [-0.2, -0.15) is 0 Å². The van der Waals surface area contributed by atoms with E-state index in [2.05, 4.69) is 5.32 Å². The Morgan fingerprint density at radius 1 is 1.43 bits per heavy atom. The molecule has 3 N–H and O–H groups in total. The zero-order chi connectivity index (χ0) is 15.8. The van der Waals surface area contributed by atoms with Gasteiger partial charge in [0.1, 0.15) is 17.0 Å². The van der Waals surface area contributed by atoms with Crippen LogP contribution in [-0.2, 0) is 4.74 Å². The van der Waals surface area contributed by atoms with Crippen molar-refractivity contribution in [2.75, 3.05) is 5.32 Å². The average molecular weight is 292 g/mol. The van der Waals surface area contributed by atoms with Gasteiger partial charge in [0, 0.05) is 23.7 Å². The van der Waals surface area contributed by atoms with Gasteiger partial charge in [-0.3, -0.25) is 5.32 Å². The van der Waals surface area contributed by atoms with E-state index in [1.807, 2.05) is 46.8 Å². The summed E-state index contributed by atoms with van der Waals surface area (Å²) in [5.74, 6) is 0.772. The molecule has 1 aliphatic heterocycles. The molecular formula is C16H24N2O3. The van der Waals surface area contributed by atoms with Crippen LogP contribution in [0, 0.1) is 0 Å².